The molecule has 144 valence electrons. The number of anilines is 3. The number of nitrogens with one attached hydrogen (secondary N) is 1. The van der Waals surface area contributed by atoms with Crippen LogP contribution in [0.1, 0.15) is 39.5 Å². The summed E-state index contributed by atoms with van der Waals surface area (Å²) in [6.45, 7) is 11.8. The van der Waals surface area contributed by atoms with E-state index in [0.717, 1.165) is 67.4 Å². The third-order valence-corrected chi connectivity index (χ3v) is 4.79. The van der Waals surface area contributed by atoms with Crippen molar-refractivity contribution in [1.29, 1.82) is 0 Å². The average Bonchev–Trinajstić information content (AvgIpc) is 3.21. The minimum atomic E-state index is -0.220. The van der Waals surface area contributed by atoms with Gasteiger partial charge in [-0.3, -0.25) is 4.79 Å². The van der Waals surface area contributed by atoms with E-state index in [0.29, 0.717) is 0 Å². The van der Waals surface area contributed by atoms with Gasteiger partial charge in [0.25, 0.3) is 0 Å². The van der Waals surface area contributed by atoms with Crippen LogP contribution in [-0.4, -0.2) is 42.1 Å². The SMILES string of the molecule is C=CC(=O)Nc1ccc2c(N(CCC)CCC)nc(N3CCCC3)nc2c1. The van der Waals surface area contributed by atoms with Crippen molar-refractivity contribution in [2.45, 2.75) is 39.5 Å². The number of benzene rings is 1. The summed E-state index contributed by atoms with van der Waals surface area (Å²) in [6.07, 6.45) is 5.77. The summed E-state index contributed by atoms with van der Waals surface area (Å²) in [5, 5.41) is 3.85. The summed E-state index contributed by atoms with van der Waals surface area (Å²) in [7, 11) is 0. The molecule has 3 rings (SSSR count). The number of nitrogens with zero attached hydrogens (tertiary/aromatic N) is 4. The predicted octanol–water partition coefficient (Wildman–Crippen LogP) is 3.98. The average molecular weight is 367 g/mol. The second-order valence-electron chi connectivity index (χ2n) is 6.95. The molecule has 0 atom stereocenters. The first-order valence-corrected chi connectivity index (χ1v) is 9.91. The molecule has 0 radical (unpaired) electrons. The number of carbonyl (C=O) groups is 1. The summed E-state index contributed by atoms with van der Waals surface area (Å²) >= 11 is 0. The van der Waals surface area contributed by atoms with E-state index in [1.54, 1.807) is 0 Å². The molecule has 2 aromatic rings. The van der Waals surface area contributed by atoms with E-state index < -0.39 is 0 Å². The van der Waals surface area contributed by atoms with Crippen LogP contribution >= 0.6 is 0 Å². The Kier molecular flexibility index (Phi) is 6.27. The van der Waals surface area contributed by atoms with Crippen molar-refractivity contribution < 1.29 is 4.79 Å². The fourth-order valence-electron chi connectivity index (χ4n) is 3.54. The Morgan fingerprint density at radius 2 is 1.93 bits per heavy atom. The number of amides is 1. The molecule has 1 amide bonds. The maximum atomic E-state index is 11.7. The molecule has 6 heteroatoms. The summed E-state index contributed by atoms with van der Waals surface area (Å²) in [5.41, 5.74) is 1.59. The molecule has 0 aliphatic carbocycles. The quantitative estimate of drug-likeness (QED) is 0.715. The first-order valence-electron chi connectivity index (χ1n) is 9.91. The lowest BCUT2D eigenvalue weighted by atomic mass is 10.2. The molecule has 6 nitrogen and oxygen atoms in total. The number of fused-ring (bicyclic) bond motifs is 1. The van der Waals surface area contributed by atoms with E-state index in [4.69, 9.17) is 9.97 Å². The highest BCUT2D eigenvalue weighted by Gasteiger charge is 2.20. The van der Waals surface area contributed by atoms with Crippen molar-refractivity contribution in [3.63, 3.8) is 0 Å². The summed E-state index contributed by atoms with van der Waals surface area (Å²) in [6, 6.07) is 5.84. The second kappa shape index (κ2) is 8.84. The van der Waals surface area contributed by atoms with Gasteiger partial charge in [0.15, 0.2) is 0 Å². The maximum absolute atomic E-state index is 11.7. The van der Waals surface area contributed by atoms with Crippen LogP contribution < -0.4 is 15.1 Å². The van der Waals surface area contributed by atoms with Gasteiger partial charge in [-0.2, -0.15) is 4.98 Å². The van der Waals surface area contributed by atoms with Gasteiger partial charge in [0.2, 0.25) is 11.9 Å². The second-order valence-corrected chi connectivity index (χ2v) is 6.95. The molecule has 1 aliphatic heterocycles. The van der Waals surface area contributed by atoms with Crippen LogP contribution in [0.3, 0.4) is 0 Å². The molecule has 1 saturated heterocycles. The highest BCUT2D eigenvalue weighted by atomic mass is 16.1. The third kappa shape index (κ3) is 4.38. The van der Waals surface area contributed by atoms with Crippen LogP contribution in [0.5, 0.6) is 0 Å². The number of carbonyl (C=O) groups excluding carboxylic acids is 1. The maximum Gasteiger partial charge on any atom is 0.247 e. The first kappa shape index (κ1) is 19.1. The van der Waals surface area contributed by atoms with Crippen molar-refractivity contribution in [2.24, 2.45) is 0 Å². The van der Waals surface area contributed by atoms with Gasteiger partial charge in [0.1, 0.15) is 5.82 Å². The lowest BCUT2D eigenvalue weighted by Crippen LogP contribution is -2.28. The van der Waals surface area contributed by atoms with Crippen molar-refractivity contribution in [1.82, 2.24) is 9.97 Å². The van der Waals surface area contributed by atoms with E-state index >= 15 is 0 Å². The van der Waals surface area contributed by atoms with Crippen molar-refractivity contribution in [3.05, 3.63) is 30.9 Å². The highest BCUT2D eigenvalue weighted by molar-refractivity contribution is 6.01. The van der Waals surface area contributed by atoms with E-state index in [-0.39, 0.29) is 5.91 Å². The fourth-order valence-corrected chi connectivity index (χ4v) is 3.54. The van der Waals surface area contributed by atoms with E-state index in [1.807, 2.05) is 18.2 Å². The molecule has 1 aromatic heterocycles. The van der Waals surface area contributed by atoms with Crippen molar-refractivity contribution in [3.8, 4) is 0 Å². The van der Waals surface area contributed by atoms with Gasteiger partial charge in [0, 0.05) is 37.3 Å². The van der Waals surface area contributed by atoms with Gasteiger partial charge < -0.3 is 15.1 Å². The van der Waals surface area contributed by atoms with Crippen LogP contribution in [0, 0.1) is 0 Å². The largest absolute Gasteiger partial charge is 0.356 e. The molecule has 1 fully saturated rings. The Labute approximate surface area is 161 Å². The normalized spacial score (nSPS) is 13.8. The molecule has 1 aromatic carbocycles. The van der Waals surface area contributed by atoms with Gasteiger partial charge in [-0.05, 0) is 50.0 Å². The van der Waals surface area contributed by atoms with E-state index in [1.165, 1.54) is 18.9 Å². The Hall–Kier alpha value is -2.63. The summed E-state index contributed by atoms with van der Waals surface area (Å²) < 4.78 is 0. The molecule has 0 spiro atoms. The standard InChI is InChI=1S/C21H29N5O/c1-4-11-25(12-5-2)20-17-10-9-16(22-19(27)6-3)15-18(17)23-21(24-20)26-13-7-8-14-26/h6,9-10,15H,3-5,7-8,11-14H2,1-2H3,(H,22,27). The van der Waals surface area contributed by atoms with Crippen LogP contribution in [0.2, 0.25) is 0 Å². The first-order chi connectivity index (χ1) is 13.2. The van der Waals surface area contributed by atoms with E-state index in [2.05, 4.69) is 35.5 Å². The zero-order chi connectivity index (χ0) is 19.2. The van der Waals surface area contributed by atoms with Crippen LogP contribution in [-0.2, 0) is 4.79 Å². The molecule has 0 bridgehead atoms. The molecular formula is C21H29N5O. The van der Waals surface area contributed by atoms with E-state index in [9.17, 15) is 4.79 Å². The third-order valence-electron chi connectivity index (χ3n) is 4.79. The lowest BCUT2D eigenvalue weighted by Gasteiger charge is -2.26. The number of hydrogen-bond acceptors (Lipinski definition) is 5. The van der Waals surface area contributed by atoms with Gasteiger partial charge >= 0.3 is 0 Å². The summed E-state index contributed by atoms with van der Waals surface area (Å²) in [4.78, 5) is 26.1. The van der Waals surface area contributed by atoms with Gasteiger partial charge in [-0.15, -0.1) is 0 Å². The zero-order valence-corrected chi connectivity index (χ0v) is 16.4. The number of hydrogen-bond donors (Lipinski definition) is 1. The Morgan fingerprint density at radius 1 is 1.22 bits per heavy atom. The zero-order valence-electron chi connectivity index (χ0n) is 16.4. The van der Waals surface area contributed by atoms with Gasteiger partial charge in [-0.1, -0.05) is 20.4 Å². The Balaban J connectivity index is 2.09. The number of rotatable bonds is 8. The molecule has 0 saturated carbocycles. The number of aromatic nitrogens is 2. The molecule has 1 N–H and O–H groups in total. The smallest absolute Gasteiger partial charge is 0.247 e. The Bertz CT molecular complexity index is 808. The molecular weight excluding hydrogens is 338 g/mol. The minimum Gasteiger partial charge on any atom is -0.356 e. The lowest BCUT2D eigenvalue weighted by molar-refractivity contribution is -0.111. The molecule has 0 unspecified atom stereocenters. The van der Waals surface area contributed by atoms with Crippen LogP contribution in [0.15, 0.2) is 30.9 Å². The summed E-state index contributed by atoms with van der Waals surface area (Å²) in [5.74, 6) is 1.56. The van der Waals surface area contributed by atoms with Crippen molar-refractivity contribution >= 4 is 34.3 Å². The predicted molar refractivity (Wildman–Crippen MR) is 113 cm³/mol. The van der Waals surface area contributed by atoms with Crippen LogP contribution in [0.25, 0.3) is 10.9 Å². The molecule has 27 heavy (non-hydrogen) atoms. The van der Waals surface area contributed by atoms with Gasteiger partial charge in [0.05, 0.1) is 5.52 Å². The van der Waals surface area contributed by atoms with Crippen LogP contribution in [0.4, 0.5) is 17.5 Å². The fraction of sp³-hybridized carbons (Fsp3) is 0.476. The monoisotopic (exact) mass is 367 g/mol. The minimum absolute atomic E-state index is 0.220. The Morgan fingerprint density at radius 3 is 2.56 bits per heavy atom. The molecule has 2 heterocycles. The topological polar surface area (TPSA) is 61.4 Å². The molecule has 1 aliphatic rings. The highest BCUT2D eigenvalue weighted by Crippen LogP contribution is 2.30. The van der Waals surface area contributed by atoms with Crippen molar-refractivity contribution in [2.75, 3.05) is 41.3 Å². The van der Waals surface area contributed by atoms with Gasteiger partial charge in [-0.25, -0.2) is 4.98 Å².